The van der Waals surface area contributed by atoms with E-state index < -0.39 is 5.91 Å². The molecule has 0 radical (unpaired) electrons. The first-order valence-electron chi connectivity index (χ1n) is 5.41. The van der Waals surface area contributed by atoms with Gasteiger partial charge in [0.15, 0.2) is 5.13 Å². The van der Waals surface area contributed by atoms with Crippen LogP contribution in [0.4, 0.5) is 10.8 Å². The number of hydrogen-bond donors (Lipinski definition) is 3. The van der Waals surface area contributed by atoms with E-state index in [4.69, 9.17) is 11.5 Å². The molecule has 1 aromatic heterocycles. The Kier molecular flexibility index (Phi) is 3.48. The molecule has 1 aromatic carbocycles. The minimum absolute atomic E-state index is 0.242. The zero-order chi connectivity index (χ0) is 14.0. The molecule has 0 fully saturated rings. The van der Waals surface area contributed by atoms with Gasteiger partial charge in [-0.2, -0.15) is 0 Å². The van der Waals surface area contributed by atoms with E-state index in [1.165, 1.54) is 11.3 Å². The van der Waals surface area contributed by atoms with Gasteiger partial charge in [-0.3, -0.25) is 9.59 Å². The second kappa shape index (κ2) is 5.07. The minimum atomic E-state index is -0.536. The zero-order valence-corrected chi connectivity index (χ0v) is 11.0. The van der Waals surface area contributed by atoms with Crippen LogP contribution >= 0.6 is 11.3 Å². The number of benzene rings is 1. The van der Waals surface area contributed by atoms with E-state index in [9.17, 15) is 9.59 Å². The molecule has 1 heterocycles. The maximum absolute atomic E-state index is 11.9. The third kappa shape index (κ3) is 2.71. The Morgan fingerprint density at radius 1 is 1.37 bits per heavy atom. The van der Waals surface area contributed by atoms with Crippen LogP contribution in [0.2, 0.25) is 0 Å². The van der Waals surface area contributed by atoms with E-state index in [1.807, 2.05) is 0 Å². The van der Waals surface area contributed by atoms with E-state index in [1.54, 1.807) is 30.5 Å². The van der Waals surface area contributed by atoms with Crippen molar-refractivity contribution in [2.24, 2.45) is 5.73 Å². The molecule has 7 heteroatoms. The van der Waals surface area contributed by atoms with E-state index in [2.05, 4.69) is 10.3 Å². The second-order valence-corrected chi connectivity index (χ2v) is 4.76. The zero-order valence-electron chi connectivity index (χ0n) is 10.1. The van der Waals surface area contributed by atoms with Gasteiger partial charge in [0.05, 0.1) is 0 Å². The number of nitrogens with two attached hydrogens (primary N) is 2. The lowest BCUT2D eigenvalue weighted by Crippen LogP contribution is -2.17. The Morgan fingerprint density at radius 2 is 2.11 bits per heavy atom. The fourth-order valence-corrected chi connectivity index (χ4v) is 2.16. The van der Waals surface area contributed by atoms with Gasteiger partial charge in [-0.05, 0) is 24.6 Å². The highest BCUT2D eigenvalue weighted by Gasteiger charge is 2.13. The number of carbonyl (C=O) groups excluding carboxylic acids is 2. The Morgan fingerprint density at radius 3 is 2.68 bits per heavy atom. The van der Waals surface area contributed by atoms with E-state index >= 15 is 0 Å². The van der Waals surface area contributed by atoms with Gasteiger partial charge in [-0.25, -0.2) is 4.98 Å². The third-order valence-corrected chi connectivity index (χ3v) is 3.28. The molecule has 5 N–H and O–H groups in total. The third-order valence-electron chi connectivity index (χ3n) is 2.60. The summed E-state index contributed by atoms with van der Waals surface area (Å²) < 4.78 is 0. The molecule has 2 aromatic rings. The topological polar surface area (TPSA) is 111 Å². The Labute approximate surface area is 113 Å². The standard InChI is InChI=1S/C12H12N4O2S/c1-6-7(10(13)17)3-2-4-8(6)15-11(18)9-5-19-12(14)16-9/h2-5H,1H3,(H2,13,17)(H2,14,16)(H,15,18). The van der Waals surface area contributed by atoms with Gasteiger partial charge in [0, 0.05) is 16.6 Å². The van der Waals surface area contributed by atoms with E-state index in [0.717, 1.165) is 0 Å². The number of nitrogen functional groups attached to an aromatic ring is 1. The molecule has 98 valence electrons. The summed E-state index contributed by atoms with van der Waals surface area (Å²) in [7, 11) is 0. The van der Waals surface area contributed by atoms with Crippen LogP contribution in [0.3, 0.4) is 0 Å². The molecule has 0 aliphatic carbocycles. The summed E-state index contributed by atoms with van der Waals surface area (Å²) in [5.74, 6) is -0.913. The Hall–Kier alpha value is -2.41. The largest absolute Gasteiger partial charge is 0.375 e. The van der Waals surface area contributed by atoms with Gasteiger partial charge >= 0.3 is 0 Å². The Balaban J connectivity index is 2.27. The molecular weight excluding hydrogens is 264 g/mol. The van der Waals surface area contributed by atoms with Gasteiger partial charge in [0.2, 0.25) is 5.91 Å². The van der Waals surface area contributed by atoms with Crippen molar-refractivity contribution in [3.8, 4) is 0 Å². The molecule has 0 unspecified atom stereocenters. The average molecular weight is 276 g/mol. The van der Waals surface area contributed by atoms with Crippen molar-refractivity contribution in [1.29, 1.82) is 0 Å². The molecule has 0 aliphatic heterocycles. The lowest BCUT2D eigenvalue weighted by molar-refractivity contribution is 0.0995. The number of aromatic nitrogens is 1. The number of hydrogen-bond acceptors (Lipinski definition) is 5. The summed E-state index contributed by atoms with van der Waals surface area (Å²) in [4.78, 5) is 27.0. The van der Waals surface area contributed by atoms with Crippen molar-refractivity contribution in [3.63, 3.8) is 0 Å². The normalized spacial score (nSPS) is 10.2. The van der Waals surface area contributed by atoms with Crippen molar-refractivity contribution >= 4 is 34.0 Å². The number of nitrogens with zero attached hydrogens (tertiary/aromatic N) is 1. The molecule has 0 bridgehead atoms. The van der Waals surface area contributed by atoms with Gasteiger partial charge in [0.1, 0.15) is 5.69 Å². The molecular formula is C12H12N4O2S. The first-order valence-corrected chi connectivity index (χ1v) is 6.28. The van der Waals surface area contributed by atoms with Gasteiger partial charge in [-0.1, -0.05) is 6.07 Å². The van der Waals surface area contributed by atoms with Crippen LogP contribution in [-0.2, 0) is 0 Å². The number of amides is 2. The quantitative estimate of drug-likeness (QED) is 0.786. The lowest BCUT2D eigenvalue weighted by Gasteiger charge is -2.09. The van der Waals surface area contributed by atoms with Crippen molar-refractivity contribution in [3.05, 3.63) is 40.4 Å². The van der Waals surface area contributed by atoms with Crippen LogP contribution in [0.15, 0.2) is 23.6 Å². The molecule has 2 amide bonds. The summed E-state index contributed by atoms with van der Waals surface area (Å²) in [6.45, 7) is 1.71. The van der Waals surface area contributed by atoms with Crippen LogP contribution in [-0.4, -0.2) is 16.8 Å². The van der Waals surface area contributed by atoms with E-state index in [0.29, 0.717) is 21.9 Å². The highest BCUT2D eigenvalue weighted by atomic mass is 32.1. The smallest absolute Gasteiger partial charge is 0.275 e. The fourth-order valence-electron chi connectivity index (χ4n) is 1.62. The van der Waals surface area contributed by atoms with E-state index in [-0.39, 0.29) is 11.6 Å². The average Bonchev–Trinajstić information content (AvgIpc) is 2.78. The molecule has 19 heavy (non-hydrogen) atoms. The number of thiazole rings is 1. The SMILES string of the molecule is Cc1c(NC(=O)c2csc(N)n2)cccc1C(N)=O. The maximum atomic E-state index is 11.9. The first-order chi connectivity index (χ1) is 8.99. The van der Waals surface area contributed by atoms with Crippen LogP contribution in [0.5, 0.6) is 0 Å². The summed E-state index contributed by atoms with van der Waals surface area (Å²) >= 11 is 1.19. The fraction of sp³-hybridized carbons (Fsp3) is 0.0833. The predicted molar refractivity (Wildman–Crippen MR) is 74.2 cm³/mol. The molecule has 0 atom stereocenters. The molecule has 0 spiro atoms. The number of rotatable bonds is 3. The van der Waals surface area contributed by atoms with Crippen LogP contribution in [0.25, 0.3) is 0 Å². The Bertz CT molecular complexity index is 651. The first kappa shape index (κ1) is 13.0. The van der Waals surface area contributed by atoms with Crippen molar-refractivity contribution < 1.29 is 9.59 Å². The van der Waals surface area contributed by atoms with Crippen molar-refractivity contribution in [2.45, 2.75) is 6.92 Å². The molecule has 0 saturated heterocycles. The number of nitrogens with one attached hydrogen (secondary N) is 1. The molecule has 0 aliphatic rings. The maximum Gasteiger partial charge on any atom is 0.275 e. The summed E-state index contributed by atoms with van der Waals surface area (Å²) in [6.07, 6.45) is 0. The van der Waals surface area contributed by atoms with Gasteiger partial charge in [0.25, 0.3) is 5.91 Å². The summed E-state index contributed by atoms with van der Waals surface area (Å²) in [6, 6.07) is 4.95. The number of anilines is 2. The molecule has 6 nitrogen and oxygen atoms in total. The second-order valence-electron chi connectivity index (χ2n) is 3.87. The van der Waals surface area contributed by atoms with Crippen LogP contribution < -0.4 is 16.8 Å². The molecule has 0 saturated carbocycles. The van der Waals surface area contributed by atoms with Crippen LogP contribution in [0.1, 0.15) is 26.4 Å². The van der Waals surface area contributed by atoms with Crippen molar-refractivity contribution in [2.75, 3.05) is 11.1 Å². The number of carbonyl (C=O) groups is 2. The monoisotopic (exact) mass is 276 g/mol. The predicted octanol–water partition coefficient (Wildman–Crippen LogP) is 1.38. The highest BCUT2D eigenvalue weighted by molar-refractivity contribution is 7.13. The lowest BCUT2D eigenvalue weighted by atomic mass is 10.1. The van der Waals surface area contributed by atoms with Gasteiger partial charge in [-0.15, -0.1) is 11.3 Å². The number of primary amides is 1. The minimum Gasteiger partial charge on any atom is -0.375 e. The molecule has 2 rings (SSSR count). The van der Waals surface area contributed by atoms with Crippen LogP contribution in [0, 0.1) is 6.92 Å². The van der Waals surface area contributed by atoms with Gasteiger partial charge < -0.3 is 16.8 Å². The van der Waals surface area contributed by atoms with Crippen molar-refractivity contribution in [1.82, 2.24) is 4.98 Å². The summed E-state index contributed by atoms with van der Waals surface area (Å²) in [5.41, 5.74) is 12.5. The summed E-state index contributed by atoms with van der Waals surface area (Å²) in [5, 5.41) is 4.57. The highest BCUT2D eigenvalue weighted by Crippen LogP contribution is 2.20.